The van der Waals surface area contributed by atoms with Crippen LogP contribution >= 0.6 is 0 Å². The number of hydrogen-bond donors (Lipinski definition) is 4. The van der Waals surface area contributed by atoms with E-state index in [-0.39, 0.29) is 40.6 Å². The number of carboxylic acid groups (broad SMARTS) is 4. The van der Waals surface area contributed by atoms with Crippen molar-refractivity contribution in [2.45, 2.75) is 0 Å². The average molecular weight is 296 g/mol. The number of carbonyl (C=O) groups is 4. The molecule has 1 aromatic rings. The molecule has 0 fully saturated rings. The van der Waals surface area contributed by atoms with Crippen molar-refractivity contribution in [1.82, 2.24) is 0 Å². The molecule has 0 saturated heterocycles. The zero-order valence-corrected chi connectivity index (χ0v) is 11.5. The Bertz CT molecular complexity index is 488. The normalized spacial score (nSPS) is 9.26. The maximum Gasteiger partial charge on any atom is 2.00 e. The van der Waals surface area contributed by atoms with Crippen LogP contribution in [0.2, 0.25) is 0 Å². The number of aromatic carboxylic acids is 4. The van der Waals surface area contributed by atoms with Crippen LogP contribution in [0.1, 0.15) is 44.3 Å². The Morgan fingerprint density at radius 1 is 0.632 bits per heavy atom. The Balaban J connectivity index is -0.00000108. The third-order valence-corrected chi connectivity index (χ3v) is 2.08. The predicted molar refractivity (Wildman–Crippen MR) is 62.3 cm³/mol. The molecule has 0 spiro atoms. The van der Waals surface area contributed by atoms with E-state index >= 15 is 0 Å². The molecule has 9 heteroatoms. The molecule has 0 unspecified atom stereocenters. The van der Waals surface area contributed by atoms with Crippen molar-refractivity contribution in [1.29, 1.82) is 0 Å². The Hall–Kier alpha value is -1.64. The molecule has 1 aromatic carbocycles. The zero-order chi connectivity index (χ0) is 14.0. The molecule has 0 amide bonds. The van der Waals surface area contributed by atoms with Crippen LogP contribution in [0.15, 0.2) is 12.1 Å². The zero-order valence-electron chi connectivity index (χ0n) is 11.3. The smallest absolute Gasteiger partial charge is 1.00 e. The van der Waals surface area contributed by atoms with Gasteiger partial charge in [0.15, 0.2) is 0 Å². The first-order valence-corrected chi connectivity index (χ1v) is 4.37. The van der Waals surface area contributed by atoms with Gasteiger partial charge in [-0.05, 0) is 12.1 Å². The minimum atomic E-state index is -1.66. The maximum absolute atomic E-state index is 10.8. The number of rotatable bonds is 4. The van der Waals surface area contributed by atoms with Gasteiger partial charge < -0.3 is 23.3 Å². The first-order valence-electron chi connectivity index (χ1n) is 4.37. The molecule has 0 bridgehead atoms. The van der Waals surface area contributed by atoms with E-state index in [1.54, 1.807) is 0 Å². The first-order chi connectivity index (χ1) is 8.25. The number of carboxylic acids is 4. The van der Waals surface area contributed by atoms with Gasteiger partial charge in [-0.2, -0.15) is 0 Å². The number of hydrogen-bond acceptors (Lipinski definition) is 4. The summed E-state index contributed by atoms with van der Waals surface area (Å²) in [5.41, 5.74) is -3.15. The second kappa shape index (κ2) is 6.50. The van der Waals surface area contributed by atoms with Crippen molar-refractivity contribution in [3.8, 4) is 0 Å². The van der Waals surface area contributed by atoms with Gasteiger partial charge in [0.25, 0.3) is 0 Å². The van der Waals surface area contributed by atoms with Crippen LogP contribution in [0.4, 0.5) is 0 Å². The SMILES string of the molecule is O=C(O)c1cc(C(=O)O)c(C(=O)O)cc1C(=O)O.[Ca+2].[H-].[H-]. The van der Waals surface area contributed by atoms with Crippen molar-refractivity contribution >= 4 is 61.6 Å². The van der Waals surface area contributed by atoms with Gasteiger partial charge >= 0.3 is 61.6 Å². The summed E-state index contributed by atoms with van der Waals surface area (Å²) in [4.78, 5) is 43.1. The van der Waals surface area contributed by atoms with Crippen LogP contribution in [-0.2, 0) is 0 Å². The van der Waals surface area contributed by atoms with E-state index in [4.69, 9.17) is 20.4 Å². The molecule has 19 heavy (non-hydrogen) atoms. The van der Waals surface area contributed by atoms with Crippen molar-refractivity contribution < 1.29 is 42.5 Å². The van der Waals surface area contributed by atoms with Gasteiger partial charge in [0, 0.05) is 0 Å². The first kappa shape index (κ1) is 17.4. The van der Waals surface area contributed by atoms with Gasteiger partial charge in [-0.1, -0.05) is 0 Å². The molecule has 0 aromatic heterocycles. The second-order valence-corrected chi connectivity index (χ2v) is 3.16. The molecule has 8 nitrogen and oxygen atoms in total. The summed E-state index contributed by atoms with van der Waals surface area (Å²) in [6.45, 7) is 0. The predicted octanol–water partition coefficient (Wildman–Crippen LogP) is 0.324. The van der Waals surface area contributed by atoms with Crippen LogP contribution in [0.25, 0.3) is 0 Å². The fourth-order valence-electron chi connectivity index (χ4n) is 1.31. The van der Waals surface area contributed by atoms with E-state index in [2.05, 4.69) is 0 Å². The molecule has 0 saturated carbocycles. The summed E-state index contributed by atoms with van der Waals surface area (Å²) < 4.78 is 0. The van der Waals surface area contributed by atoms with Gasteiger partial charge in [0.1, 0.15) is 0 Å². The Morgan fingerprint density at radius 3 is 0.895 bits per heavy atom. The van der Waals surface area contributed by atoms with Crippen LogP contribution in [0.3, 0.4) is 0 Å². The van der Waals surface area contributed by atoms with Gasteiger partial charge in [-0.15, -0.1) is 0 Å². The molecule has 0 aliphatic rings. The van der Waals surface area contributed by atoms with E-state index in [1.807, 2.05) is 0 Å². The van der Waals surface area contributed by atoms with Gasteiger partial charge in [0.2, 0.25) is 0 Å². The van der Waals surface area contributed by atoms with Crippen molar-refractivity contribution in [3.63, 3.8) is 0 Å². The number of benzene rings is 1. The van der Waals surface area contributed by atoms with Crippen LogP contribution < -0.4 is 0 Å². The summed E-state index contributed by atoms with van der Waals surface area (Å²) in [7, 11) is 0. The molecular formula is C10H8CaO8. The van der Waals surface area contributed by atoms with E-state index in [0.29, 0.717) is 12.1 Å². The summed E-state index contributed by atoms with van der Waals surface area (Å²) in [5, 5.41) is 35.0. The molecule has 0 aliphatic carbocycles. The molecule has 0 aliphatic heterocycles. The minimum absolute atomic E-state index is 0. The van der Waals surface area contributed by atoms with Crippen LogP contribution in [0.5, 0.6) is 0 Å². The monoisotopic (exact) mass is 296 g/mol. The van der Waals surface area contributed by atoms with Crippen molar-refractivity contribution in [3.05, 3.63) is 34.4 Å². The molecule has 0 heterocycles. The van der Waals surface area contributed by atoms with Crippen LogP contribution in [-0.4, -0.2) is 82.0 Å². The summed E-state index contributed by atoms with van der Waals surface area (Å²) in [5.74, 6) is -6.64. The van der Waals surface area contributed by atoms with Gasteiger partial charge in [0.05, 0.1) is 22.3 Å². The van der Waals surface area contributed by atoms with Gasteiger partial charge in [-0.25, -0.2) is 19.2 Å². The summed E-state index contributed by atoms with van der Waals surface area (Å²) >= 11 is 0. The van der Waals surface area contributed by atoms with Crippen molar-refractivity contribution in [2.75, 3.05) is 0 Å². The largest absolute Gasteiger partial charge is 2.00 e. The van der Waals surface area contributed by atoms with E-state index < -0.39 is 46.1 Å². The fraction of sp³-hybridized carbons (Fsp3) is 0. The Morgan fingerprint density at radius 2 is 0.789 bits per heavy atom. The van der Waals surface area contributed by atoms with Crippen LogP contribution in [0, 0.1) is 0 Å². The topological polar surface area (TPSA) is 149 Å². The Labute approximate surface area is 138 Å². The standard InChI is InChI=1S/C10H6O8.Ca.2H/c11-7(12)3-1-4(8(13)14)6(10(17)18)2-5(3)9(15)16;;;/h1-2H,(H,11,12)(H,13,14)(H,15,16)(H,17,18);;;/q;+2;2*-1. The summed E-state index contributed by atoms with van der Waals surface area (Å²) in [6, 6.07) is 1.02. The molecule has 0 atom stereocenters. The quantitative estimate of drug-likeness (QED) is 0.580. The van der Waals surface area contributed by atoms with Crippen molar-refractivity contribution in [2.24, 2.45) is 0 Å². The Kier molecular flexibility index (Phi) is 5.94. The second-order valence-electron chi connectivity index (χ2n) is 3.16. The maximum atomic E-state index is 10.8. The molecule has 4 N–H and O–H groups in total. The van der Waals surface area contributed by atoms with E-state index in [9.17, 15) is 19.2 Å². The van der Waals surface area contributed by atoms with E-state index in [1.165, 1.54) is 0 Å². The third kappa shape index (κ3) is 3.66. The molecule has 98 valence electrons. The average Bonchev–Trinajstić information content (AvgIpc) is 2.26. The fourth-order valence-corrected chi connectivity index (χ4v) is 1.31. The van der Waals surface area contributed by atoms with E-state index in [0.717, 1.165) is 0 Å². The van der Waals surface area contributed by atoms with Gasteiger partial charge in [-0.3, -0.25) is 0 Å². The summed E-state index contributed by atoms with van der Waals surface area (Å²) in [6.07, 6.45) is 0. The third-order valence-electron chi connectivity index (χ3n) is 2.08. The minimum Gasteiger partial charge on any atom is -1.00 e. The molecule has 0 radical (unpaired) electrons. The molecular weight excluding hydrogens is 288 g/mol. The molecule has 1 rings (SSSR count).